The molecule has 3 N–H and O–H groups in total. The zero-order valence-electron chi connectivity index (χ0n) is 14.8. The highest BCUT2D eigenvalue weighted by Gasteiger charge is 2.35. The van der Waals surface area contributed by atoms with Crippen LogP contribution in [-0.2, 0) is 14.3 Å². The summed E-state index contributed by atoms with van der Waals surface area (Å²) in [5.41, 5.74) is 0.1000. The van der Waals surface area contributed by atoms with Crippen LogP contribution < -0.4 is 21.1 Å². The van der Waals surface area contributed by atoms with Gasteiger partial charge in [0.15, 0.2) is 0 Å². The highest BCUT2D eigenvalue weighted by Crippen LogP contribution is 2.31. The standard InChI is InChI=1S/C18H18ClN5O4/c19-11-3-1-2-4-12(11)20-16(26)10-9-13(25)21-15-14(10)17(27)23-18(22-15)24-5-7-28-8-6-24/h1-4,10H,5-9H2,(H,20,26)(H2,21,22,23,25,27)/t10-/m1/s1. The molecule has 2 amide bonds. The van der Waals surface area contributed by atoms with Crippen LogP contribution in [0.3, 0.4) is 0 Å². The highest BCUT2D eigenvalue weighted by molar-refractivity contribution is 6.33. The normalized spacial score (nSPS) is 19.0. The van der Waals surface area contributed by atoms with Crippen LogP contribution in [0, 0.1) is 0 Å². The second-order valence-corrected chi connectivity index (χ2v) is 6.93. The number of ether oxygens (including phenoxy) is 1. The maximum Gasteiger partial charge on any atom is 0.258 e. The van der Waals surface area contributed by atoms with Gasteiger partial charge in [-0.1, -0.05) is 23.7 Å². The summed E-state index contributed by atoms with van der Waals surface area (Å²) < 4.78 is 5.30. The van der Waals surface area contributed by atoms with Crippen molar-refractivity contribution in [2.24, 2.45) is 0 Å². The summed E-state index contributed by atoms with van der Waals surface area (Å²) in [5, 5.41) is 5.66. The number of morpholine rings is 1. The quantitative estimate of drug-likeness (QED) is 0.711. The molecular formula is C18H18ClN5O4. The Bertz CT molecular complexity index is 986. The molecule has 0 aliphatic carbocycles. The molecule has 0 spiro atoms. The first-order chi connectivity index (χ1) is 13.5. The number of fused-ring (bicyclic) bond motifs is 1. The van der Waals surface area contributed by atoms with Gasteiger partial charge in [-0.15, -0.1) is 0 Å². The van der Waals surface area contributed by atoms with Gasteiger partial charge in [0.1, 0.15) is 5.82 Å². The molecule has 4 rings (SSSR count). The predicted octanol–water partition coefficient (Wildman–Crippen LogP) is 1.32. The molecule has 1 saturated heterocycles. The average molecular weight is 404 g/mol. The van der Waals surface area contributed by atoms with Crippen LogP contribution in [-0.4, -0.2) is 48.1 Å². The molecule has 0 bridgehead atoms. The molecule has 1 atom stereocenters. The first kappa shape index (κ1) is 18.5. The molecular weight excluding hydrogens is 386 g/mol. The number of aromatic nitrogens is 2. The van der Waals surface area contributed by atoms with E-state index >= 15 is 0 Å². The first-order valence-corrected chi connectivity index (χ1v) is 9.23. The van der Waals surface area contributed by atoms with Crippen molar-refractivity contribution in [1.29, 1.82) is 0 Å². The Balaban J connectivity index is 1.66. The molecule has 0 unspecified atom stereocenters. The largest absolute Gasteiger partial charge is 0.378 e. The third-order valence-electron chi connectivity index (χ3n) is 4.70. The van der Waals surface area contributed by atoms with Gasteiger partial charge in [0.05, 0.1) is 35.4 Å². The Morgan fingerprint density at radius 2 is 2.00 bits per heavy atom. The number of hydrogen-bond acceptors (Lipinski definition) is 6. The van der Waals surface area contributed by atoms with Crippen molar-refractivity contribution in [3.05, 3.63) is 45.2 Å². The van der Waals surface area contributed by atoms with Crippen LogP contribution in [0.25, 0.3) is 0 Å². The van der Waals surface area contributed by atoms with E-state index in [-0.39, 0.29) is 23.7 Å². The van der Waals surface area contributed by atoms with E-state index in [2.05, 4.69) is 20.6 Å². The number of amides is 2. The smallest absolute Gasteiger partial charge is 0.258 e. The summed E-state index contributed by atoms with van der Waals surface area (Å²) >= 11 is 6.08. The van der Waals surface area contributed by atoms with Crippen molar-refractivity contribution >= 4 is 40.9 Å². The number of carbonyl (C=O) groups is 2. The molecule has 3 heterocycles. The van der Waals surface area contributed by atoms with Gasteiger partial charge >= 0.3 is 0 Å². The van der Waals surface area contributed by atoms with E-state index in [0.717, 1.165) is 0 Å². The predicted molar refractivity (Wildman–Crippen MR) is 104 cm³/mol. The van der Waals surface area contributed by atoms with Gasteiger partial charge in [0.2, 0.25) is 17.8 Å². The SMILES string of the molecule is O=C1C[C@@H](C(=O)Nc2ccccc2Cl)c2c(nc(N3CCOCC3)[nH]c2=O)N1. The summed E-state index contributed by atoms with van der Waals surface area (Å²) in [6.07, 6.45) is -0.148. The van der Waals surface area contributed by atoms with Crippen molar-refractivity contribution in [2.45, 2.75) is 12.3 Å². The van der Waals surface area contributed by atoms with Crippen molar-refractivity contribution in [1.82, 2.24) is 9.97 Å². The highest BCUT2D eigenvalue weighted by atomic mass is 35.5. The first-order valence-electron chi connectivity index (χ1n) is 8.85. The lowest BCUT2D eigenvalue weighted by molar-refractivity contribution is -0.123. The molecule has 1 aromatic carbocycles. The van der Waals surface area contributed by atoms with Crippen molar-refractivity contribution in [3.63, 3.8) is 0 Å². The van der Waals surface area contributed by atoms with E-state index in [1.165, 1.54) is 0 Å². The summed E-state index contributed by atoms with van der Waals surface area (Å²) in [4.78, 5) is 46.7. The van der Waals surface area contributed by atoms with Crippen LogP contribution in [0.4, 0.5) is 17.5 Å². The fourth-order valence-corrected chi connectivity index (χ4v) is 3.47. The van der Waals surface area contributed by atoms with Crippen molar-refractivity contribution in [2.75, 3.05) is 41.8 Å². The summed E-state index contributed by atoms with van der Waals surface area (Å²) in [7, 11) is 0. The van der Waals surface area contributed by atoms with Gasteiger partial charge in [-0.3, -0.25) is 19.4 Å². The van der Waals surface area contributed by atoms with E-state index in [4.69, 9.17) is 16.3 Å². The fraction of sp³-hybridized carbons (Fsp3) is 0.333. The Kier molecular flexibility index (Phi) is 5.01. The molecule has 1 aromatic heterocycles. The Hall–Kier alpha value is -2.91. The Morgan fingerprint density at radius 1 is 1.25 bits per heavy atom. The molecule has 10 heteroatoms. The van der Waals surface area contributed by atoms with Gasteiger partial charge in [-0.05, 0) is 12.1 Å². The van der Waals surface area contributed by atoms with Crippen molar-refractivity contribution in [3.8, 4) is 0 Å². The number of nitrogens with zero attached hydrogens (tertiary/aromatic N) is 2. The fourth-order valence-electron chi connectivity index (χ4n) is 3.29. The molecule has 2 aliphatic rings. The minimum absolute atomic E-state index is 0.112. The molecule has 2 aliphatic heterocycles. The molecule has 1 fully saturated rings. The maximum absolute atomic E-state index is 12.8. The van der Waals surface area contributed by atoms with Gasteiger partial charge in [0, 0.05) is 19.5 Å². The molecule has 2 aromatic rings. The van der Waals surface area contributed by atoms with E-state index in [9.17, 15) is 14.4 Å². The lowest BCUT2D eigenvalue weighted by Gasteiger charge is -2.29. The molecule has 0 radical (unpaired) electrons. The summed E-state index contributed by atoms with van der Waals surface area (Å²) in [5.74, 6) is -1.37. The van der Waals surface area contributed by atoms with Crippen molar-refractivity contribution < 1.29 is 14.3 Å². The number of rotatable bonds is 3. The molecule has 9 nitrogen and oxygen atoms in total. The van der Waals surface area contributed by atoms with Gasteiger partial charge in [-0.2, -0.15) is 4.98 Å². The minimum Gasteiger partial charge on any atom is -0.378 e. The number of H-pyrrole nitrogens is 1. The lowest BCUT2D eigenvalue weighted by atomic mass is 9.92. The summed E-state index contributed by atoms with van der Waals surface area (Å²) in [6.45, 7) is 2.20. The van der Waals surface area contributed by atoms with E-state index in [1.807, 2.05) is 4.90 Å². The number of benzene rings is 1. The third-order valence-corrected chi connectivity index (χ3v) is 5.03. The number of aromatic amines is 1. The van der Waals surface area contributed by atoms with E-state index < -0.39 is 17.4 Å². The number of anilines is 3. The molecule has 28 heavy (non-hydrogen) atoms. The number of halogens is 1. The van der Waals surface area contributed by atoms with Gasteiger partial charge in [-0.25, -0.2) is 0 Å². The topological polar surface area (TPSA) is 116 Å². The lowest BCUT2D eigenvalue weighted by Crippen LogP contribution is -2.41. The third kappa shape index (κ3) is 3.58. The van der Waals surface area contributed by atoms with Crippen LogP contribution >= 0.6 is 11.6 Å². The zero-order chi connectivity index (χ0) is 19.7. The Labute approximate surface area is 165 Å². The monoisotopic (exact) mass is 403 g/mol. The molecule has 0 saturated carbocycles. The van der Waals surface area contributed by atoms with Crippen LogP contribution in [0.1, 0.15) is 17.9 Å². The summed E-state index contributed by atoms with van der Waals surface area (Å²) in [6, 6.07) is 6.75. The minimum atomic E-state index is -0.963. The van der Waals surface area contributed by atoms with Crippen LogP contribution in [0.2, 0.25) is 5.02 Å². The number of nitrogens with one attached hydrogen (secondary N) is 3. The second kappa shape index (κ2) is 7.61. The van der Waals surface area contributed by atoms with E-state index in [1.54, 1.807) is 24.3 Å². The molecule has 146 valence electrons. The van der Waals surface area contributed by atoms with Crippen LogP contribution in [0.15, 0.2) is 29.1 Å². The number of para-hydroxylation sites is 1. The maximum atomic E-state index is 12.8. The van der Waals surface area contributed by atoms with Gasteiger partial charge < -0.3 is 20.3 Å². The van der Waals surface area contributed by atoms with Gasteiger partial charge in [0.25, 0.3) is 5.56 Å². The Morgan fingerprint density at radius 3 is 2.75 bits per heavy atom. The second-order valence-electron chi connectivity index (χ2n) is 6.53. The number of carbonyl (C=O) groups excluding carboxylic acids is 2. The van der Waals surface area contributed by atoms with Crippen LogP contribution in [0.5, 0.6) is 0 Å². The zero-order valence-corrected chi connectivity index (χ0v) is 15.6. The van der Waals surface area contributed by atoms with E-state index in [0.29, 0.717) is 43.0 Å². The average Bonchev–Trinajstić information content (AvgIpc) is 2.69. The number of hydrogen-bond donors (Lipinski definition) is 3.